The second-order valence-corrected chi connectivity index (χ2v) is 4.69. The number of nitrogens with one attached hydrogen (secondary N) is 2. The number of carbonyl (C=O) groups is 2. The maximum absolute atomic E-state index is 12.2. The summed E-state index contributed by atoms with van der Waals surface area (Å²) in [6, 6.07) is 11.2. The lowest BCUT2D eigenvalue weighted by Crippen LogP contribution is -2.61. The van der Waals surface area contributed by atoms with Gasteiger partial charge in [-0.3, -0.25) is 0 Å². The van der Waals surface area contributed by atoms with Gasteiger partial charge in [-0.25, -0.2) is 9.59 Å². The number of methoxy groups -OCH3 is 2. The molecule has 2 aromatic carbocycles. The van der Waals surface area contributed by atoms with E-state index in [2.05, 4.69) is 10.6 Å². The van der Waals surface area contributed by atoms with Gasteiger partial charge in [-0.05, 0) is 17.5 Å². The molecule has 2 aromatic rings. The van der Waals surface area contributed by atoms with Crippen LogP contribution in [0.25, 0.3) is 10.8 Å². The second-order valence-electron chi connectivity index (χ2n) is 4.69. The minimum absolute atomic E-state index is 0.664. The monoisotopic (exact) mass is 286 g/mol. The highest BCUT2D eigenvalue weighted by atomic mass is 16.5. The quantitative estimate of drug-likeness (QED) is 0.646. The number of hydrogen-bond donors (Lipinski definition) is 2. The van der Waals surface area contributed by atoms with Gasteiger partial charge in [-0.1, -0.05) is 24.3 Å². The van der Waals surface area contributed by atoms with Crippen LogP contribution in [0.15, 0.2) is 36.4 Å². The van der Waals surface area contributed by atoms with Crippen molar-refractivity contribution in [2.75, 3.05) is 24.9 Å². The Labute approximate surface area is 121 Å². The first-order chi connectivity index (χ1) is 10.1. The highest BCUT2D eigenvalue weighted by molar-refractivity contribution is 6.17. The largest absolute Gasteiger partial charge is 0.465 e. The molecule has 0 fully saturated rings. The summed E-state index contributed by atoms with van der Waals surface area (Å²) in [5.74, 6) is -1.53. The first-order valence-electron chi connectivity index (χ1n) is 6.37. The Balaban J connectivity index is 2.22. The Bertz CT molecular complexity index is 683. The number of benzene rings is 2. The molecule has 0 atom stereocenters. The Morgan fingerprint density at radius 2 is 1.38 bits per heavy atom. The van der Waals surface area contributed by atoms with Gasteiger partial charge >= 0.3 is 17.6 Å². The van der Waals surface area contributed by atoms with E-state index in [1.807, 2.05) is 24.3 Å². The predicted molar refractivity (Wildman–Crippen MR) is 78.0 cm³/mol. The SMILES string of the molecule is COC(=O)C1(C(=O)OC)Nc2cccc3cccc(c23)N1. The number of hydrogen-bond acceptors (Lipinski definition) is 6. The van der Waals surface area contributed by atoms with Crippen LogP contribution in [-0.2, 0) is 19.1 Å². The summed E-state index contributed by atoms with van der Waals surface area (Å²) in [6.45, 7) is 0. The third kappa shape index (κ3) is 1.79. The maximum Gasteiger partial charge on any atom is 0.364 e. The fraction of sp³-hybridized carbons (Fsp3) is 0.200. The molecule has 1 aliphatic rings. The van der Waals surface area contributed by atoms with Crippen LogP contribution < -0.4 is 10.6 Å². The highest BCUT2D eigenvalue weighted by Gasteiger charge is 2.51. The standard InChI is InChI=1S/C15H14N2O4/c1-20-13(18)15(14(19)21-2)16-10-7-3-5-9-6-4-8-11(17-15)12(9)10/h3-8,16-17H,1-2H3. The molecule has 0 amide bonds. The van der Waals surface area contributed by atoms with Crippen LogP contribution in [0, 0.1) is 0 Å². The molecule has 0 spiro atoms. The van der Waals surface area contributed by atoms with Crippen molar-refractivity contribution >= 4 is 34.1 Å². The molecule has 108 valence electrons. The molecule has 1 aliphatic heterocycles. The van der Waals surface area contributed by atoms with Crippen molar-refractivity contribution in [3.8, 4) is 0 Å². The van der Waals surface area contributed by atoms with Gasteiger partial charge in [0, 0.05) is 16.8 Å². The third-order valence-corrected chi connectivity index (χ3v) is 3.53. The average Bonchev–Trinajstić information content (AvgIpc) is 2.53. The first kappa shape index (κ1) is 13.2. The lowest BCUT2D eigenvalue weighted by molar-refractivity contribution is -0.158. The third-order valence-electron chi connectivity index (χ3n) is 3.53. The zero-order valence-electron chi connectivity index (χ0n) is 11.6. The Kier molecular flexibility index (Phi) is 2.94. The van der Waals surface area contributed by atoms with Crippen LogP contribution in [0.3, 0.4) is 0 Å². The van der Waals surface area contributed by atoms with Crippen molar-refractivity contribution in [2.24, 2.45) is 0 Å². The van der Waals surface area contributed by atoms with Crippen LogP contribution in [0.5, 0.6) is 0 Å². The smallest absolute Gasteiger partial charge is 0.364 e. The molecule has 0 aromatic heterocycles. The summed E-state index contributed by atoms with van der Waals surface area (Å²) >= 11 is 0. The fourth-order valence-corrected chi connectivity index (χ4v) is 2.58. The zero-order valence-corrected chi connectivity index (χ0v) is 11.6. The lowest BCUT2D eigenvalue weighted by atomic mass is 9.99. The van der Waals surface area contributed by atoms with E-state index in [4.69, 9.17) is 9.47 Å². The molecule has 21 heavy (non-hydrogen) atoms. The number of esters is 2. The predicted octanol–water partition coefficient (Wildman–Crippen LogP) is 1.72. The van der Waals surface area contributed by atoms with Gasteiger partial charge in [-0.2, -0.15) is 0 Å². The number of anilines is 2. The molecule has 0 unspecified atom stereocenters. The minimum atomic E-state index is -1.79. The van der Waals surface area contributed by atoms with Crippen LogP contribution >= 0.6 is 0 Å². The van der Waals surface area contributed by atoms with Crippen molar-refractivity contribution in [1.29, 1.82) is 0 Å². The molecular weight excluding hydrogens is 272 g/mol. The first-order valence-corrected chi connectivity index (χ1v) is 6.37. The minimum Gasteiger partial charge on any atom is -0.465 e. The van der Waals surface area contributed by atoms with Gasteiger partial charge in [0.1, 0.15) is 0 Å². The number of carbonyl (C=O) groups excluding carboxylic acids is 2. The second kappa shape index (κ2) is 4.66. The molecule has 0 saturated heterocycles. The topological polar surface area (TPSA) is 76.7 Å². The van der Waals surface area contributed by atoms with Crippen molar-refractivity contribution in [3.05, 3.63) is 36.4 Å². The van der Waals surface area contributed by atoms with E-state index in [0.717, 1.165) is 10.8 Å². The van der Waals surface area contributed by atoms with E-state index >= 15 is 0 Å². The molecule has 3 rings (SSSR count). The van der Waals surface area contributed by atoms with E-state index < -0.39 is 17.6 Å². The van der Waals surface area contributed by atoms with Crippen molar-refractivity contribution in [1.82, 2.24) is 0 Å². The summed E-state index contributed by atoms with van der Waals surface area (Å²) in [4.78, 5) is 24.3. The summed E-state index contributed by atoms with van der Waals surface area (Å²) in [5.41, 5.74) is -0.457. The van der Waals surface area contributed by atoms with Crippen LogP contribution in [-0.4, -0.2) is 31.8 Å². The van der Waals surface area contributed by atoms with Crippen molar-refractivity contribution in [3.63, 3.8) is 0 Å². The highest BCUT2D eigenvalue weighted by Crippen LogP contribution is 2.38. The van der Waals surface area contributed by atoms with Gasteiger partial charge in [0.25, 0.3) is 0 Å². The lowest BCUT2D eigenvalue weighted by Gasteiger charge is -2.36. The van der Waals surface area contributed by atoms with Gasteiger partial charge < -0.3 is 20.1 Å². The molecule has 2 N–H and O–H groups in total. The van der Waals surface area contributed by atoms with Crippen LogP contribution in [0.2, 0.25) is 0 Å². The summed E-state index contributed by atoms with van der Waals surface area (Å²) in [5, 5.41) is 7.73. The van der Waals surface area contributed by atoms with Crippen LogP contribution in [0.1, 0.15) is 0 Å². The van der Waals surface area contributed by atoms with Crippen LogP contribution in [0.4, 0.5) is 11.4 Å². The van der Waals surface area contributed by atoms with Crippen molar-refractivity contribution < 1.29 is 19.1 Å². The van der Waals surface area contributed by atoms with E-state index in [-0.39, 0.29) is 0 Å². The molecule has 6 heteroatoms. The Hall–Kier alpha value is -2.76. The summed E-state index contributed by atoms with van der Waals surface area (Å²) in [6.07, 6.45) is 0. The Morgan fingerprint density at radius 1 is 0.905 bits per heavy atom. The van der Waals surface area contributed by atoms with E-state index in [1.54, 1.807) is 12.1 Å². The molecular formula is C15H14N2O4. The van der Waals surface area contributed by atoms with Gasteiger partial charge in [-0.15, -0.1) is 0 Å². The van der Waals surface area contributed by atoms with E-state index in [1.165, 1.54) is 14.2 Å². The average molecular weight is 286 g/mol. The molecule has 0 aliphatic carbocycles. The number of rotatable bonds is 2. The zero-order chi connectivity index (χ0) is 15.0. The van der Waals surface area contributed by atoms with Crippen molar-refractivity contribution in [2.45, 2.75) is 5.66 Å². The molecule has 6 nitrogen and oxygen atoms in total. The van der Waals surface area contributed by atoms with Gasteiger partial charge in [0.15, 0.2) is 0 Å². The van der Waals surface area contributed by atoms with E-state index in [0.29, 0.717) is 11.4 Å². The summed E-state index contributed by atoms with van der Waals surface area (Å²) < 4.78 is 9.52. The molecule has 1 heterocycles. The van der Waals surface area contributed by atoms with Gasteiger partial charge in [0.2, 0.25) is 0 Å². The number of ether oxygens (including phenoxy) is 2. The van der Waals surface area contributed by atoms with Gasteiger partial charge in [0.05, 0.1) is 14.2 Å². The normalized spacial score (nSPS) is 14.8. The Morgan fingerprint density at radius 3 is 1.81 bits per heavy atom. The summed E-state index contributed by atoms with van der Waals surface area (Å²) in [7, 11) is 2.44. The molecule has 0 radical (unpaired) electrons. The molecule has 0 saturated carbocycles. The molecule has 0 bridgehead atoms. The fourth-order valence-electron chi connectivity index (χ4n) is 2.58. The van der Waals surface area contributed by atoms with E-state index in [9.17, 15) is 9.59 Å². The maximum atomic E-state index is 12.2.